The monoisotopic (exact) mass is 339 g/mol. The van der Waals surface area contributed by atoms with Gasteiger partial charge in [-0.25, -0.2) is 4.79 Å². The van der Waals surface area contributed by atoms with Crippen molar-refractivity contribution in [3.63, 3.8) is 0 Å². The van der Waals surface area contributed by atoms with Crippen LogP contribution in [0.4, 0.5) is 4.79 Å². The Hall–Kier alpha value is -2.37. The molecule has 1 saturated heterocycles. The van der Waals surface area contributed by atoms with E-state index in [1.807, 2.05) is 24.3 Å². The number of carbonyl (C=O) groups is 1. The molecule has 130 valence electrons. The Morgan fingerprint density at radius 1 is 1.04 bits per heavy atom. The minimum absolute atomic E-state index is 0.00143. The highest BCUT2D eigenvalue weighted by atomic mass is 16.6. The van der Waals surface area contributed by atoms with Gasteiger partial charge in [0.2, 0.25) is 0 Å². The third kappa shape index (κ3) is 3.01. The first-order valence-electron chi connectivity index (χ1n) is 8.60. The molecular weight excluding hydrogens is 318 g/mol. The number of rotatable bonds is 5. The van der Waals surface area contributed by atoms with Gasteiger partial charge in [0.15, 0.2) is 0 Å². The smallest absolute Gasteiger partial charge is 0.409 e. The van der Waals surface area contributed by atoms with E-state index < -0.39 is 0 Å². The second-order valence-corrected chi connectivity index (χ2v) is 6.43. The summed E-state index contributed by atoms with van der Waals surface area (Å²) in [5, 5.41) is 8.75. The molecule has 1 aliphatic carbocycles. The van der Waals surface area contributed by atoms with Crippen LogP contribution in [0.2, 0.25) is 0 Å². The van der Waals surface area contributed by atoms with E-state index in [0.29, 0.717) is 26.3 Å². The summed E-state index contributed by atoms with van der Waals surface area (Å²) in [6.45, 7) is 1.70. The first-order valence-corrected chi connectivity index (χ1v) is 8.60. The SMILES string of the molecule is O=C(OCC1c2ccccc2-c2ccccc21)N1CC(OCCO)C1. The highest BCUT2D eigenvalue weighted by Gasteiger charge is 2.34. The number of hydrogen-bond donors (Lipinski definition) is 1. The predicted molar refractivity (Wildman–Crippen MR) is 93.5 cm³/mol. The molecule has 1 heterocycles. The van der Waals surface area contributed by atoms with Gasteiger partial charge in [0.25, 0.3) is 0 Å². The van der Waals surface area contributed by atoms with Crippen LogP contribution in [0.1, 0.15) is 17.0 Å². The Balaban J connectivity index is 1.40. The first kappa shape index (κ1) is 16.1. The molecule has 1 fully saturated rings. The van der Waals surface area contributed by atoms with Gasteiger partial charge in [-0.05, 0) is 22.3 Å². The van der Waals surface area contributed by atoms with Crippen LogP contribution in [-0.4, -0.2) is 55.1 Å². The van der Waals surface area contributed by atoms with Crippen LogP contribution in [0, 0.1) is 0 Å². The maximum Gasteiger partial charge on any atom is 0.409 e. The molecule has 2 aliphatic rings. The van der Waals surface area contributed by atoms with Gasteiger partial charge in [-0.3, -0.25) is 0 Å². The van der Waals surface area contributed by atoms with Crippen molar-refractivity contribution < 1.29 is 19.4 Å². The van der Waals surface area contributed by atoms with E-state index in [1.54, 1.807) is 4.90 Å². The van der Waals surface area contributed by atoms with Crippen molar-refractivity contribution in [3.8, 4) is 11.1 Å². The lowest BCUT2D eigenvalue weighted by Gasteiger charge is -2.38. The van der Waals surface area contributed by atoms with Gasteiger partial charge in [0.1, 0.15) is 6.61 Å². The molecule has 0 radical (unpaired) electrons. The van der Waals surface area contributed by atoms with Crippen molar-refractivity contribution in [2.45, 2.75) is 12.0 Å². The van der Waals surface area contributed by atoms with E-state index in [2.05, 4.69) is 24.3 Å². The molecule has 0 saturated carbocycles. The fraction of sp³-hybridized carbons (Fsp3) is 0.350. The van der Waals surface area contributed by atoms with E-state index in [-0.39, 0.29) is 24.7 Å². The van der Waals surface area contributed by atoms with Crippen molar-refractivity contribution in [2.75, 3.05) is 32.9 Å². The lowest BCUT2D eigenvalue weighted by atomic mass is 9.98. The molecule has 4 rings (SSSR count). The first-order chi connectivity index (χ1) is 12.3. The van der Waals surface area contributed by atoms with Gasteiger partial charge in [-0.2, -0.15) is 0 Å². The summed E-state index contributed by atoms with van der Waals surface area (Å²) in [4.78, 5) is 13.9. The molecule has 5 nitrogen and oxygen atoms in total. The molecule has 2 aromatic rings. The van der Waals surface area contributed by atoms with Crippen LogP contribution in [0.15, 0.2) is 48.5 Å². The summed E-state index contributed by atoms with van der Waals surface area (Å²) < 4.78 is 11.0. The Morgan fingerprint density at radius 2 is 1.64 bits per heavy atom. The van der Waals surface area contributed by atoms with Gasteiger partial charge >= 0.3 is 6.09 Å². The van der Waals surface area contributed by atoms with Crippen LogP contribution in [0.25, 0.3) is 11.1 Å². The standard InChI is InChI=1S/C20H21NO4/c22-9-10-24-14-11-21(12-14)20(23)25-13-19-17-7-3-1-5-15(17)16-6-2-4-8-18(16)19/h1-8,14,19,22H,9-13H2. The van der Waals surface area contributed by atoms with Crippen LogP contribution in [0.5, 0.6) is 0 Å². The van der Waals surface area contributed by atoms with E-state index >= 15 is 0 Å². The summed E-state index contributed by atoms with van der Waals surface area (Å²) in [7, 11) is 0. The van der Waals surface area contributed by atoms with Crippen molar-refractivity contribution in [2.24, 2.45) is 0 Å². The number of nitrogens with zero attached hydrogens (tertiary/aromatic N) is 1. The van der Waals surface area contributed by atoms with Crippen LogP contribution >= 0.6 is 0 Å². The number of aliphatic hydroxyl groups is 1. The zero-order valence-corrected chi connectivity index (χ0v) is 13.9. The molecule has 0 bridgehead atoms. The molecule has 0 aromatic heterocycles. The fourth-order valence-corrected chi connectivity index (χ4v) is 3.60. The topological polar surface area (TPSA) is 59.0 Å². The van der Waals surface area contributed by atoms with E-state index in [4.69, 9.17) is 14.6 Å². The maximum absolute atomic E-state index is 12.2. The van der Waals surface area contributed by atoms with Crippen molar-refractivity contribution in [3.05, 3.63) is 59.7 Å². The number of hydrogen-bond acceptors (Lipinski definition) is 4. The highest BCUT2D eigenvalue weighted by Crippen LogP contribution is 2.44. The number of ether oxygens (including phenoxy) is 2. The summed E-state index contributed by atoms with van der Waals surface area (Å²) in [5.41, 5.74) is 4.87. The summed E-state index contributed by atoms with van der Waals surface area (Å²) in [5.74, 6) is 0.0825. The molecule has 0 atom stereocenters. The minimum Gasteiger partial charge on any atom is -0.448 e. The summed E-state index contributed by atoms with van der Waals surface area (Å²) in [6.07, 6.45) is -0.293. The zero-order chi connectivity index (χ0) is 17.2. The lowest BCUT2D eigenvalue weighted by Crippen LogP contribution is -2.55. The van der Waals surface area contributed by atoms with Crippen LogP contribution in [0.3, 0.4) is 0 Å². The molecule has 1 N–H and O–H groups in total. The Bertz CT molecular complexity index is 724. The van der Waals surface area contributed by atoms with E-state index in [0.717, 1.165) is 0 Å². The molecule has 2 aromatic carbocycles. The number of fused-ring (bicyclic) bond motifs is 3. The summed E-state index contributed by atoms with van der Waals surface area (Å²) in [6, 6.07) is 16.6. The lowest BCUT2D eigenvalue weighted by molar-refractivity contribution is -0.0583. The molecule has 5 heteroatoms. The average molecular weight is 339 g/mol. The Morgan fingerprint density at radius 3 is 2.24 bits per heavy atom. The molecule has 25 heavy (non-hydrogen) atoms. The molecule has 0 unspecified atom stereocenters. The molecule has 1 amide bonds. The number of amides is 1. The summed E-state index contributed by atoms with van der Waals surface area (Å²) >= 11 is 0. The number of carbonyl (C=O) groups excluding carboxylic acids is 1. The second kappa shape index (κ2) is 6.86. The number of aliphatic hydroxyl groups excluding tert-OH is 1. The number of benzene rings is 2. The fourth-order valence-electron chi connectivity index (χ4n) is 3.60. The Kier molecular flexibility index (Phi) is 4.42. The molecular formula is C20H21NO4. The van der Waals surface area contributed by atoms with Gasteiger partial charge in [0.05, 0.1) is 32.4 Å². The van der Waals surface area contributed by atoms with E-state index in [1.165, 1.54) is 22.3 Å². The second-order valence-electron chi connectivity index (χ2n) is 6.43. The predicted octanol–water partition coefficient (Wildman–Crippen LogP) is 2.63. The highest BCUT2D eigenvalue weighted by molar-refractivity contribution is 5.79. The Labute approximate surface area is 146 Å². The quantitative estimate of drug-likeness (QED) is 0.910. The number of likely N-dealkylation sites (tertiary alicyclic amines) is 1. The maximum atomic E-state index is 12.2. The van der Waals surface area contributed by atoms with Gasteiger partial charge in [-0.1, -0.05) is 48.5 Å². The zero-order valence-electron chi connectivity index (χ0n) is 13.9. The van der Waals surface area contributed by atoms with Gasteiger partial charge < -0.3 is 19.5 Å². The van der Waals surface area contributed by atoms with Crippen LogP contribution < -0.4 is 0 Å². The van der Waals surface area contributed by atoms with Gasteiger partial charge in [-0.15, -0.1) is 0 Å². The normalized spacial score (nSPS) is 16.3. The largest absolute Gasteiger partial charge is 0.448 e. The molecule has 0 spiro atoms. The van der Waals surface area contributed by atoms with Crippen molar-refractivity contribution >= 4 is 6.09 Å². The van der Waals surface area contributed by atoms with Crippen molar-refractivity contribution in [1.82, 2.24) is 4.90 Å². The van der Waals surface area contributed by atoms with Gasteiger partial charge in [0, 0.05) is 5.92 Å². The third-order valence-electron chi connectivity index (χ3n) is 4.89. The van der Waals surface area contributed by atoms with Crippen LogP contribution in [-0.2, 0) is 9.47 Å². The van der Waals surface area contributed by atoms with Crippen molar-refractivity contribution in [1.29, 1.82) is 0 Å². The molecule has 1 aliphatic heterocycles. The average Bonchev–Trinajstić information content (AvgIpc) is 2.93. The minimum atomic E-state index is -0.300. The third-order valence-corrected chi connectivity index (χ3v) is 4.89. The van der Waals surface area contributed by atoms with E-state index in [9.17, 15) is 4.79 Å².